The minimum absolute atomic E-state index is 0.376. The molecule has 0 saturated heterocycles. The average Bonchev–Trinajstić information content (AvgIpc) is 2.14. The van der Waals surface area contributed by atoms with Gasteiger partial charge in [0.25, 0.3) is 0 Å². The lowest BCUT2D eigenvalue weighted by Crippen LogP contribution is -2.18. The van der Waals surface area contributed by atoms with Crippen LogP contribution >= 0.6 is 11.6 Å². The molecule has 0 spiro atoms. The molecule has 0 amide bonds. The number of benzene rings is 1. The van der Waals surface area contributed by atoms with Crippen LogP contribution in [0.3, 0.4) is 0 Å². The molecule has 0 unspecified atom stereocenters. The van der Waals surface area contributed by atoms with E-state index < -0.39 is 29.7 Å². The number of hydrogen-bond donors (Lipinski definition) is 0. The second kappa shape index (κ2) is 4.64. The van der Waals surface area contributed by atoms with Crippen LogP contribution in [0.25, 0.3) is 0 Å². The molecule has 1 aromatic rings. The third-order valence-corrected chi connectivity index (χ3v) is 2.05. The molecular formula is C9H5ClF6O. The van der Waals surface area contributed by atoms with Gasteiger partial charge in [-0.1, -0.05) is 0 Å². The molecule has 0 N–H and O–H groups in total. The molecule has 0 aliphatic heterocycles. The second-order valence-electron chi connectivity index (χ2n) is 3.00. The van der Waals surface area contributed by atoms with Crippen LogP contribution in [0.5, 0.6) is 5.75 Å². The Balaban J connectivity index is 3.10. The first-order valence-electron chi connectivity index (χ1n) is 4.15. The molecule has 0 bridgehead atoms. The number of rotatable bonds is 2. The zero-order chi connectivity index (χ0) is 13.3. The highest BCUT2D eigenvalue weighted by Gasteiger charge is 2.34. The molecule has 1 nitrogen and oxygen atoms in total. The topological polar surface area (TPSA) is 9.23 Å². The summed E-state index contributed by atoms with van der Waals surface area (Å²) in [5.74, 6) is -1.25. The van der Waals surface area contributed by atoms with Crippen molar-refractivity contribution in [2.75, 3.05) is 0 Å². The van der Waals surface area contributed by atoms with E-state index in [1.165, 1.54) is 0 Å². The van der Waals surface area contributed by atoms with Gasteiger partial charge < -0.3 is 4.74 Å². The van der Waals surface area contributed by atoms with Crippen LogP contribution in [-0.2, 0) is 12.1 Å². The summed E-state index contributed by atoms with van der Waals surface area (Å²) in [5.41, 5.74) is -1.46. The van der Waals surface area contributed by atoms with E-state index in [-0.39, 0.29) is 5.56 Å². The highest BCUT2D eigenvalue weighted by Crippen LogP contribution is 2.34. The Morgan fingerprint density at radius 1 is 1.06 bits per heavy atom. The van der Waals surface area contributed by atoms with Crippen LogP contribution in [0.4, 0.5) is 26.3 Å². The van der Waals surface area contributed by atoms with Gasteiger partial charge in [0.1, 0.15) is 5.75 Å². The van der Waals surface area contributed by atoms with E-state index in [0.29, 0.717) is 18.2 Å². The van der Waals surface area contributed by atoms with Crippen LogP contribution < -0.4 is 4.74 Å². The minimum Gasteiger partial charge on any atom is -0.405 e. The van der Waals surface area contributed by atoms with Gasteiger partial charge in [-0.3, -0.25) is 0 Å². The van der Waals surface area contributed by atoms with E-state index in [2.05, 4.69) is 4.74 Å². The van der Waals surface area contributed by atoms with Crippen molar-refractivity contribution in [3.63, 3.8) is 0 Å². The Morgan fingerprint density at radius 2 is 1.65 bits per heavy atom. The Kier molecular flexibility index (Phi) is 3.81. The van der Waals surface area contributed by atoms with Crippen molar-refractivity contribution in [1.29, 1.82) is 0 Å². The van der Waals surface area contributed by atoms with E-state index in [4.69, 9.17) is 11.6 Å². The lowest BCUT2D eigenvalue weighted by atomic mass is 10.1. The predicted molar refractivity (Wildman–Crippen MR) is 47.7 cm³/mol. The zero-order valence-corrected chi connectivity index (χ0v) is 8.75. The summed E-state index contributed by atoms with van der Waals surface area (Å²) in [4.78, 5) is 0. The lowest BCUT2D eigenvalue weighted by molar-refractivity contribution is -0.274. The van der Waals surface area contributed by atoms with Crippen LogP contribution in [-0.4, -0.2) is 6.36 Å². The molecule has 0 aromatic heterocycles. The summed E-state index contributed by atoms with van der Waals surface area (Å²) in [5, 5.41) is 0. The van der Waals surface area contributed by atoms with E-state index >= 15 is 0 Å². The third-order valence-electron chi connectivity index (χ3n) is 1.76. The molecule has 8 heteroatoms. The normalized spacial score (nSPS) is 12.6. The largest absolute Gasteiger partial charge is 0.573 e. The molecule has 1 rings (SSSR count). The van der Waals surface area contributed by atoms with Crippen LogP contribution in [0, 0.1) is 0 Å². The highest BCUT2D eigenvalue weighted by molar-refractivity contribution is 6.17. The summed E-state index contributed by atoms with van der Waals surface area (Å²) in [6.07, 6.45) is -9.61. The van der Waals surface area contributed by atoms with Crippen molar-refractivity contribution >= 4 is 11.6 Å². The highest BCUT2D eigenvalue weighted by atomic mass is 35.5. The van der Waals surface area contributed by atoms with Crippen LogP contribution in [0.15, 0.2) is 18.2 Å². The molecule has 0 radical (unpaired) electrons. The standard InChI is InChI=1S/C9H5ClF6O/c10-4-5-3-6(8(11,12)13)1-2-7(5)17-9(14,15)16/h1-3H,4H2. The maximum Gasteiger partial charge on any atom is 0.573 e. The van der Waals surface area contributed by atoms with Crippen molar-refractivity contribution in [3.8, 4) is 5.75 Å². The molecule has 0 atom stereocenters. The quantitative estimate of drug-likeness (QED) is 0.577. The smallest absolute Gasteiger partial charge is 0.405 e. The molecule has 0 fully saturated rings. The Labute approximate surface area is 96.9 Å². The number of ether oxygens (including phenoxy) is 1. The van der Waals surface area contributed by atoms with Crippen molar-refractivity contribution in [3.05, 3.63) is 29.3 Å². The molecule has 0 saturated carbocycles. The number of alkyl halides is 7. The third kappa shape index (κ3) is 3.99. The van der Waals surface area contributed by atoms with Crippen molar-refractivity contribution in [2.45, 2.75) is 18.4 Å². The van der Waals surface area contributed by atoms with E-state index in [0.717, 1.165) is 0 Å². The summed E-state index contributed by atoms with van der Waals surface area (Å²) < 4.78 is 76.1. The maximum absolute atomic E-state index is 12.3. The molecule has 96 valence electrons. The minimum atomic E-state index is -4.97. The van der Waals surface area contributed by atoms with Crippen molar-refractivity contribution in [2.24, 2.45) is 0 Å². The predicted octanol–water partition coefficient (Wildman–Crippen LogP) is 4.34. The Bertz CT molecular complexity index is 397. The maximum atomic E-state index is 12.3. The van der Waals surface area contributed by atoms with Crippen molar-refractivity contribution in [1.82, 2.24) is 0 Å². The van der Waals surface area contributed by atoms with Gasteiger partial charge in [0.15, 0.2) is 0 Å². The summed E-state index contributed by atoms with van der Waals surface area (Å²) in [7, 11) is 0. The van der Waals surface area contributed by atoms with E-state index in [1.54, 1.807) is 0 Å². The molecule has 0 aliphatic carbocycles. The monoisotopic (exact) mass is 278 g/mol. The molecule has 1 aromatic carbocycles. The van der Waals surface area contributed by atoms with Gasteiger partial charge in [0.05, 0.1) is 11.4 Å². The molecule has 0 aliphatic rings. The summed E-state index contributed by atoms with van der Waals surface area (Å²) in [6.45, 7) is 0. The van der Waals surface area contributed by atoms with E-state index in [9.17, 15) is 26.3 Å². The number of hydrogen-bond acceptors (Lipinski definition) is 1. The summed E-state index contributed by atoms with van der Waals surface area (Å²) >= 11 is 5.27. The van der Waals surface area contributed by atoms with Gasteiger partial charge in [0, 0.05) is 5.56 Å². The fourth-order valence-electron chi connectivity index (χ4n) is 1.08. The van der Waals surface area contributed by atoms with Gasteiger partial charge in [-0.2, -0.15) is 13.2 Å². The summed E-state index contributed by atoms with van der Waals surface area (Å²) in [6, 6.07) is 1.61. The fourth-order valence-corrected chi connectivity index (χ4v) is 1.29. The zero-order valence-electron chi connectivity index (χ0n) is 7.99. The molecule has 17 heavy (non-hydrogen) atoms. The second-order valence-corrected chi connectivity index (χ2v) is 3.27. The van der Waals surface area contributed by atoms with Gasteiger partial charge in [-0.25, -0.2) is 0 Å². The fraction of sp³-hybridized carbons (Fsp3) is 0.333. The molecule has 0 heterocycles. The molecular weight excluding hydrogens is 274 g/mol. The van der Waals surface area contributed by atoms with Gasteiger partial charge in [-0.05, 0) is 18.2 Å². The Hall–Kier alpha value is -1.11. The van der Waals surface area contributed by atoms with Crippen LogP contribution in [0.1, 0.15) is 11.1 Å². The van der Waals surface area contributed by atoms with Gasteiger partial charge in [0.2, 0.25) is 0 Å². The van der Waals surface area contributed by atoms with Crippen LogP contribution in [0.2, 0.25) is 0 Å². The van der Waals surface area contributed by atoms with Gasteiger partial charge in [-0.15, -0.1) is 24.8 Å². The Morgan fingerprint density at radius 3 is 2.06 bits per heavy atom. The first-order chi connectivity index (χ1) is 7.63. The van der Waals surface area contributed by atoms with Crippen molar-refractivity contribution < 1.29 is 31.1 Å². The number of halogens is 7. The SMILES string of the molecule is FC(F)(F)Oc1ccc(C(F)(F)F)cc1CCl. The average molecular weight is 279 g/mol. The van der Waals surface area contributed by atoms with E-state index in [1.807, 2.05) is 0 Å². The first-order valence-corrected chi connectivity index (χ1v) is 4.69. The first kappa shape index (κ1) is 14.0. The lowest BCUT2D eigenvalue weighted by Gasteiger charge is -2.14. The van der Waals surface area contributed by atoms with Gasteiger partial charge >= 0.3 is 12.5 Å².